The molecule has 1 atom stereocenters. The molecule has 6 nitrogen and oxygen atoms in total. The van der Waals surface area contributed by atoms with E-state index >= 15 is 0 Å². The van der Waals surface area contributed by atoms with Gasteiger partial charge in [-0.25, -0.2) is 0 Å². The van der Waals surface area contributed by atoms with Crippen LogP contribution in [0.15, 0.2) is 60.8 Å². The summed E-state index contributed by atoms with van der Waals surface area (Å²) in [5.41, 5.74) is 0. The van der Waals surface area contributed by atoms with Crippen LogP contribution in [0.2, 0.25) is 0 Å². The quantitative estimate of drug-likeness (QED) is 0.0264. The maximum Gasteiger partial charge on any atom is 0.306 e. The van der Waals surface area contributed by atoms with Gasteiger partial charge in [0.2, 0.25) is 0 Å². The minimum atomic E-state index is -0.802. The zero-order chi connectivity index (χ0) is 42.3. The molecule has 0 spiro atoms. The van der Waals surface area contributed by atoms with E-state index in [4.69, 9.17) is 14.2 Å². The van der Waals surface area contributed by atoms with Gasteiger partial charge in [-0.05, 0) is 77.0 Å². The molecule has 0 unspecified atom stereocenters. The predicted octanol–water partition coefficient (Wildman–Crippen LogP) is 15.7. The van der Waals surface area contributed by atoms with Crippen molar-refractivity contribution in [2.24, 2.45) is 0 Å². The summed E-state index contributed by atoms with van der Waals surface area (Å²) in [6.07, 6.45) is 56.3. The van der Waals surface area contributed by atoms with Crippen molar-refractivity contribution < 1.29 is 28.6 Å². The molecule has 0 heterocycles. The number of carbonyl (C=O) groups is 3. The van der Waals surface area contributed by atoms with Gasteiger partial charge in [0.1, 0.15) is 13.2 Å². The van der Waals surface area contributed by atoms with Crippen LogP contribution in [0, 0.1) is 0 Å². The largest absolute Gasteiger partial charge is 0.462 e. The third-order valence-corrected chi connectivity index (χ3v) is 10.2. The third kappa shape index (κ3) is 44.2. The maximum absolute atomic E-state index is 12.7. The van der Waals surface area contributed by atoms with Crippen molar-refractivity contribution in [2.75, 3.05) is 13.2 Å². The van der Waals surface area contributed by atoms with Crippen molar-refractivity contribution in [1.82, 2.24) is 0 Å². The molecule has 0 saturated carbocycles. The summed E-state index contributed by atoms with van der Waals surface area (Å²) >= 11 is 0. The highest BCUT2D eigenvalue weighted by Gasteiger charge is 2.19. The van der Waals surface area contributed by atoms with Crippen LogP contribution in [-0.4, -0.2) is 37.2 Å². The van der Waals surface area contributed by atoms with E-state index in [2.05, 4.69) is 81.5 Å². The Hall–Kier alpha value is -2.89. The number of allylic oxidation sites excluding steroid dienone is 10. The van der Waals surface area contributed by atoms with Crippen molar-refractivity contribution in [3.63, 3.8) is 0 Å². The summed E-state index contributed by atoms with van der Waals surface area (Å²) in [5, 5.41) is 0. The van der Waals surface area contributed by atoms with Gasteiger partial charge >= 0.3 is 17.9 Å². The number of hydrogen-bond acceptors (Lipinski definition) is 6. The van der Waals surface area contributed by atoms with Crippen LogP contribution < -0.4 is 0 Å². The smallest absolute Gasteiger partial charge is 0.306 e. The van der Waals surface area contributed by atoms with Crippen molar-refractivity contribution in [3.8, 4) is 0 Å². The summed E-state index contributed by atoms with van der Waals surface area (Å²) in [4.78, 5) is 37.8. The standard InChI is InChI=1S/C52H90O6/c1-4-7-10-13-16-19-22-24-25-26-27-28-31-34-37-40-43-46-52(55)58-49(47-56-50(53)44-41-38-35-32-29-21-18-15-12-9-6-3)48-57-51(54)45-42-39-36-33-30-23-20-17-14-11-8-5-2/h15-16,18-19,24-25,27-28,34,37,49H,4-14,17,20-23,26,29-33,35-36,38-48H2,1-3H3/b18-15-,19-16-,25-24-,28-27-,37-34-/t49-/m1/s1. The number of unbranched alkanes of at least 4 members (excludes halogenated alkanes) is 22. The van der Waals surface area contributed by atoms with E-state index < -0.39 is 6.10 Å². The third-order valence-electron chi connectivity index (χ3n) is 10.2. The highest BCUT2D eigenvalue weighted by molar-refractivity contribution is 5.71. The molecule has 0 bridgehead atoms. The molecule has 0 aliphatic carbocycles. The molecule has 0 rings (SSSR count). The number of esters is 3. The molecule has 0 radical (unpaired) electrons. The molecular formula is C52H90O6. The minimum Gasteiger partial charge on any atom is -0.462 e. The Morgan fingerprint density at radius 1 is 0.345 bits per heavy atom. The van der Waals surface area contributed by atoms with E-state index in [1.807, 2.05) is 0 Å². The number of carbonyl (C=O) groups excluding carboxylic acids is 3. The lowest BCUT2D eigenvalue weighted by Crippen LogP contribution is -2.30. The highest BCUT2D eigenvalue weighted by atomic mass is 16.6. The Bertz CT molecular complexity index is 1070. The molecule has 0 fully saturated rings. The van der Waals surface area contributed by atoms with E-state index in [9.17, 15) is 14.4 Å². The van der Waals surface area contributed by atoms with E-state index in [0.717, 1.165) is 77.0 Å². The Balaban J connectivity index is 4.48. The Kier molecular flexibility index (Phi) is 44.5. The van der Waals surface area contributed by atoms with E-state index in [1.165, 1.54) is 109 Å². The molecule has 0 aromatic heterocycles. The number of hydrogen-bond donors (Lipinski definition) is 0. The fraction of sp³-hybridized carbons (Fsp3) is 0.750. The second-order valence-electron chi connectivity index (χ2n) is 16.0. The second kappa shape index (κ2) is 46.8. The Morgan fingerprint density at radius 2 is 0.655 bits per heavy atom. The van der Waals surface area contributed by atoms with Crippen molar-refractivity contribution in [3.05, 3.63) is 60.8 Å². The second-order valence-corrected chi connectivity index (χ2v) is 16.0. The lowest BCUT2D eigenvalue weighted by molar-refractivity contribution is -0.167. The average Bonchev–Trinajstić information content (AvgIpc) is 3.22. The summed E-state index contributed by atoms with van der Waals surface area (Å²) in [5.74, 6) is -0.964. The molecule has 0 aromatic rings. The van der Waals surface area contributed by atoms with Crippen molar-refractivity contribution in [1.29, 1.82) is 0 Å². The average molecular weight is 811 g/mol. The van der Waals surface area contributed by atoms with Crippen LogP contribution in [0.25, 0.3) is 0 Å². The topological polar surface area (TPSA) is 78.9 Å². The summed E-state index contributed by atoms with van der Waals surface area (Å²) in [6.45, 7) is 6.51. The van der Waals surface area contributed by atoms with Gasteiger partial charge in [-0.2, -0.15) is 0 Å². The van der Waals surface area contributed by atoms with E-state index in [1.54, 1.807) is 0 Å². The SMILES string of the molecule is CCCC/C=C\CCCCCCCC(=O)OC[C@H](COC(=O)CCCCCCCCCCCCCC)OC(=O)CCC/C=C\C/C=C\C/C=C\C/C=C\CCCCC. The Labute approximate surface area is 358 Å². The highest BCUT2D eigenvalue weighted by Crippen LogP contribution is 2.14. The van der Waals surface area contributed by atoms with E-state index in [-0.39, 0.29) is 37.5 Å². The van der Waals surface area contributed by atoms with Gasteiger partial charge < -0.3 is 14.2 Å². The lowest BCUT2D eigenvalue weighted by atomic mass is 10.0. The zero-order valence-electron chi connectivity index (χ0n) is 38.0. The molecule has 58 heavy (non-hydrogen) atoms. The number of ether oxygens (including phenoxy) is 3. The molecular weight excluding hydrogens is 721 g/mol. The normalized spacial score (nSPS) is 12.5. The first-order chi connectivity index (χ1) is 28.5. The molecule has 0 aromatic carbocycles. The first-order valence-electron chi connectivity index (χ1n) is 24.3. The molecule has 0 aliphatic heterocycles. The van der Waals surface area contributed by atoms with Gasteiger partial charge in [-0.1, -0.05) is 197 Å². The fourth-order valence-electron chi connectivity index (χ4n) is 6.53. The molecule has 6 heteroatoms. The molecule has 0 N–H and O–H groups in total. The monoisotopic (exact) mass is 811 g/mol. The minimum absolute atomic E-state index is 0.0970. The molecule has 0 aliphatic rings. The lowest BCUT2D eigenvalue weighted by Gasteiger charge is -2.18. The number of rotatable bonds is 43. The molecule has 0 amide bonds. The van der Waals surface area contributed by atoms with Gasteiger partial charge in [0.25, 0.3) is 0 Å². The summed E-state index contributed by atoms with van der Waals surface area (Å²) in [6, 6.07) is 0. The predicted molar refractivity (Wildman–Crippen MR) is 247 cm³/mol. The van der Waals surface area contributed by atoms with Crippen LogP contribution >= 0.6 is 0 Å². The van der Waals surface area contributed by atoms with Gasteiger partial charge in [-0.3, -0.25) is 14.4 Å². The van der Waals surface area contributed by atoms with Crippen LogP contribution in [0.5, 0.6) is 0 Å². The van der Waals surface area contributed by atoms with Crippen LogP contribution in [0.1, 0.15) is 233 Å². The van der Waals surface area contributed by atoms with Crippen LogP contribution in [-0.2, 0) is 28.6 Å². The maximum atomic E-state index is 12.7. The van der Waals surface area contributed by atoms with Gasteiger partial charge in [-0.15, -0.1) is 0 Å². The van der Waals surface area contributed by atoms with E-state index in [0.29, 0.717) is 19.3 Å². The summed E-state index contributed by atoms with van der Waals surface area (Å²) in [7, 11) is 0. The van der Waals surface area contributed by atoms with Crippen molar-refractivity contribution >= 4 is 17.9 Å². The van der Waals surface area contributed by atoms with Crippen LogP contribution in [0.4, 0.5) is 0 Å². The zero-order valence-corrected chi connectivity index (χ0v) is 38.0. The molecule has 334 valence electrons. The van der Waals surface area contributed by atoms with Gasteiger partial charge in [0, 0.05) is 19.3 Å². The van der Waals surface area contributed by atoms with Crippen molar-refractivity contribution in [2.45, 2.75) is 239 Å². The molecule has 0 saturated heterocycles. The first-order valence-corrected chi connectivity index (χ1v) is 24.3. The first kappa shape index (κ1) is 55.1. The summed E-state index contributed by atoms with van der Waals surface area (Å²) < 4.78 is 16.7. The Morgan fingerprint density at radius 3 is 1.12 bits per heavy atom. The van der Waals surface area contributed by atoms with Gasteiger partial charge in [0.15, 0.2) is 6.10 Å². The fourth-order valence-corrected chi connectivity index (χ4v) is 6.53. The van der Waals surface area contributed by atoms with Gasteiger partial charge in [0.05, 0.1) is 0 Å². The van der Waals surface area contributed by atoms with Crippen LogP contribution in [0.3, 0.4) is 0 Å².